The lowest BCUT2D eigenvalue weighted by Gasteiger charge is -2.12. The van der Waals surface area contributed by atoms with Crippen LogP contribution in [0.2, 0.25) is 0 Å². The molecule has 106 valence electrons. The Morgan fingerprint density at radius 3 is 2.40 bits per heavy atom. The van der Waals surface area contributed by atoms with Crippen LogP contribution >= 0.6 is 0 Å². The number of nitrogens with zero attached hydrogens (tertiary/aromatic N) is 2. The number of rotatable bonds is 4. The minimum absolute atomic E-state index is 0.176. The largest absolute Gasteiger partial charge is 0.481 e. The molecule has 1 heterocycles. The lowest BCUT2D eigenvalue weighted by atomic mass is 10.1. The van der Waals surface area contributed by atoms with Crippen LogP contribution in [-0.4, -0.2) is 23.8 Å². The van der Waals surface area contributed by atoms with Crippen LogP contribution in [0.25, 0.3) is 0 Å². The summed E-state index contributed by atoms with van der Waals surface area (Å²) in [7, 11) is 4.44. The summed E-state index contributed by atoms with van der Waals surface area (Å²) in [6, 6.07) is 6.12. The van der Waals surface area contributed by atoms with Crippen LogP contribution in [0.3, 0.4) is 0 Å². The van der Waals surface area contributed by atoms with Gasteiger partial charge in [-0.3, -0.25) is 9.36 Å². The van der Waals surface area contributed by atoms with Gasteiger partial charge in [-0.1, -0.05) is 12.1 Å². The van der Waals surface area contributed by atoms with Crippen molar-refractivity contribution in [1.29, 1.82) is 0 Å². The molecule has 0 N–H and O–H groups in total. The number of hydrogen-bond donors (Lipinski definition) is 0. The molecule has 0 saturated heterocycles. The highest BCUT2D eigenvalue weighted by Gasteiger charge is 2.16. The Balaban J connectivity index is 2.48. The third-order valence-corrected chi connectivity index (χ3v) is 2.98. The molecule has 6 heteroatoms. The first-order chi connectivity index (χ1) is 9.56. The predicted molar refractivity (Wildman–Crippen MR) is 71.8 cm³/mol. The minimum Gasteiger partial charge on any atom is -0.481 e. The summed E-state index contributed by atoms with van der Waals surface area (Å²) in [5.74, 6) is -0.101. The van der Waals surface area contributed by atoms with E-state index < -0.39 is 0 Å². The zero-order valence-electron chi connectivity index (χ0n) is 11.5. The minimum atomic E-state index is -0.318. The molecule has 0 saturated carbocycles. The molecule has 0 amide bonds. The monoisotopic (exact) mass is 278 g/mol. The number of aromatic nitrogens is 2. The zero-order chi connectivity index (χ0) is 14.7. The van der Waals surface area contributed by atoms with Gasteiger partial charge in [0.1, 0.15) is 5.82 Å². The van der Waals surface area contributed by atoms with Crippen LogP contribution in [0.1, 0.15) is 11.1 Å². The third-order valence-electron chi connectivity index (χ3n) is 2.98. The maximum atomic E-state index is 12.9. The van der Waals surface area contributed by atoms with Gasteiger partial charge in [-0.25, -0.2) is 4.39 Å². The van der Waals surface area contributed by atoms with E-state index in [9.17, 15) is 9.18 Å². The van der Waals surface area contributed by atoms with Crippen molar-refractivity contribution >= 4 is 0 Å². The van der Waals surface area contributed by atoms with Crippen molar-refractivity contribution in [2.75, 3.05) is 14.2 Å². The second-order valence-electron chi connectivity index (χ2n) is 4.25. The number of hydrogen-bond acceptors (Lipinski definition) is 4. The van der Waals surface area contributed by atoms with Gasteiger partial charge in [0.2, 0.25) is 5.88 Å². The molecule has 0 aliphatic rings. The quantitative estimate of drug-likeness (QED) is 0.851. The number of ether oxygens (including phenoxy) is 2. The van der Waals surface area contributed by atoms with Gasteiger partial charge in [-0.05, 0) is 17.7 Å². The van der Waals surface area contributed by atoms with E-state index in [2.05, 4.69) is 4.98 Å². The van der Waals surface area contributed by atoms with Crippen molar-refractivity contribution in [3.8, 4) is 11.9 Å². The second kappa shape index (κ2) is 5.73. The van der Waals surface area contributed by atoms with E-state index in [-0.39, 0.29) is 23.3 Å². The van der Waals surface area contributed by atoms with E-state index in [1.807, 2.05) is 0 Å². The van der Waals surface area contributed by atoms with Crippen molar-refractivity contribution in [1.82, 2.24) is 9.55 Å². The Morgan fingerprint density at radius 1 is 1.20 bits per heavy atom. The Morgan fingerprint density at radius 2 is 1.85 bits per heavy atom. The summed E-state index contributed by atoms with van der Waals surface area (Å²) in [6.07, 6.45) is 0.313. The highest BCUT2D eigenvalue weighted by Crippen LogP contribution is 2.18. The molecule has 0 aliphatic carbocycles. The lowest BCUT2D eigenvalue weighted by Crippen LogP contribution is -2.25. The van der Waals surface area contributed by atoms with Gasteiger partial charge in [0, 0.05) is 13.5 Å². The van der Waals surface area contributed by atoms with Gasteiger partial charge >= 0.3 is 6.01 Å². The Hall–Kier alpha value is -2.37. The summed E-state index contributed by atoms with van der Waals surface area (Å²) in [5.41, 5.74) is 0.953. The van der Waals surface area contributed by atoms with E-state index in [1.54, 1.807) is 19.2 Å². The summed E-state index contributed by atoms with van der Waals surface area (Å²) in [5, 5.41) is 0. The van der Waals surface area contributed by atoms with Crippen molar-refractivity contribution < 1.29 is 13.9 Å². The van der Waals surface area contributed by atoms with Crippen molar-refractivity contribution in [2.45, 2.75) is 6.42 Å². The third kappa shape index (κ3) is 2.64. The zero-order valence-corrected chi connectivity index (χ0v) is 11.5. The number of benzene rings is 1. The smallest absolute Gasteiger partial charge is 0.301 e. The molecule has 0 fully saturated rings. The van der Waals surface area contributed by atoms with Gasteiger partial charge in [0.15, 0.2) is 0 Å². The predicted octanol–water partition coefficient (Wildman–Crippen LogP) is 1.53. The molecule has 0 spiro atoms. The van der Waals surface area contributed by atoms with Crippen molar-refractivity contribution in [3.05, 3.63) is 51.6 Å². The van der Waals surface area contributed by atoms with Gasteiger partial charge in [0.25, 0.3) is 5.56 Å². The molecule has 20 heavy (non-hydrogen) atoms. The standard InChI is InChI=1S/C14H15FN2O3/c1-17-13(18)11(12(19-2)16-14(17)20-3)8-9-4-6-10(15)7-5-9/h4-7H,8H2,1-3H3. The lowest BCUT2D eigenvalue weighted by molar-refractivity contribution is 0.331. The maximum Gasteiger partial charge on any atom is 0.301 e. The fourth-order valence-corrected chi connectivity index (χ4v) is 1.92. The van der Waals surface area contributed by atoms with Gasteiger partial charge < -0.3 is 9.47 Å². The number of halogens is 1. The average Bonchev–Trinajstić information content (AvgIpc) is 2.46. The van der Waals surface area contributed by atoms with Crippen molar-refractivity contribution in [2.24, 2.45) is 7.05 Å². The fourth-order valence-electron chi connectivity index (χ4n) is 1.92. The molecule has 0 radical (unpaired) electrons. The first-order valence-corrected chi connectivity index (χ1v) is 5.99. The Bertz CT molecular complexity index is 665. The molecule has 1 aromatic carbocycles. The average molecular weight is 278 g/mol. The first kappa shape index (κ1) is 14.0. The van der Waals surface area contributed by atoms with Gasteiger partial charge in [-0.2, -0.15) is 4.98 Å². The maximum absolute atomic E-state index is 12.9. The van der Waals surface area contributed by atoms with Crippen LogP contribution in [-0.2, 0) is 13.5 Å². The summed E-state index contributed by atoms with van der Waals surface area (Å²) in [4.78, 5) is 16.4. The van der Waals surface area contributed by atoms with Crippen LogP contribution < -0.4 is 15.0 Å². The van der Waals surface area contributed by atoms with E-state index in [4.69, 9.17) is 9.47 Å². The molecule has 0 aliphatic heterocycles. The summed E-state index contributed by atoms with van der Waals surface area (Å²) < 4.78 is 24.4. The normalized spacial score (nSPS) is 10.4. The molecule has 0 bridgehead atoms. The highest BCUT2D eigenvalue weighted by molar-refractivity contribution is 5.32. The highest BCUT2D eigenvalue weighted by atomic mass is 19.1. The Labute approximate surface area is 115 Å². The van der Waals surface area contributed by atoms with E-state index >= 15 is 0 Å². The van der Waals surface area contributed by atoms with Gasteiger partial charge in [-0.15, -0.1) is 0 Å². The Kier molecular flexibility index (Phi) is 4.02. The summed E-state index contributed by atoms with van der Waals surface area (Å²) in [6.45, 7) is 0. The van der Waals surface area contributed by atoms with E-state index in [0.717, 1.165) is 5.56 Å². The topological polar surface area (TPSA) is 53.4 Å². The van der Waals surface area contributed by atoms with Crippen LogP contribution in [0.4, 0.5) is 4.39 Å². The van der Waals surface area contributed by atoms with Gasteiger partial charge in [0.05, 0.1) is 19.8 Å². The molecule has 0 atom stereocenters. The van der Waals surface area contributed by atoms with Crippen LogP contribution in [0.15, 0.2) is 29.1 Å². The summed E-state index contributed by atoms with van der Waals surface area (Å²) >= 11 is 0. The number of methoxy groups -OCH3 is 2. The molecule has 0 unspecified atom stereocenters. The fraction of sp³-hybridized carbons (Fsp3) is 0.286. The molecule has 1 aromatic heterocycles. The SMILES string of the molecule is COc1nc(OC)n(C)c(=O)c1Cc1ccc(F)cc1. The van der Waals surface area contributed by atoms with Crippen LogP contribution in [0.5, 0.6) is 11.9 Å². The molecular formula is C14H15FN2O3. The molecule has 2 aromatic rings. The van der Waals surface area contributed by atoms with E-state index in [0.29, 0.717) is 12.0 Å². The first-order valence-electron chi connectivity index (χ1n) is 5.99. The molecule has 5 nitrogen and oxygen atoms in total. The van der Waals surface area contributed by atoms with Crippen LogP contribution in [0, 0.1) is 5.82 Å². The van der Waals surface area contributed by atoms with E-state index in [1.165, 1.54) is 30.9 Å². The second-order valence-corrected chi connectivity index (χ2v) is 4.25. The molecule has 2 rings (SSSR count). The molecular weight excluding hydrogens is 263 g/mol. The van der Waals surface area contributed by atoms with Crippen molar-refractivity contribution in [3.63, 3.8) is 0 Å².